The van der Waals surface area contributed by atoms with E-state index in [1.54, 1.807) is 7.11 Å². The minimum Gasteiger partial charge on any atom is -0.496 e. The number of methoxy groups -OCH3 is 1. The second kappa shape index (κ2) is 4.42. The fourth-order valence-corrected chi connectivity index (χ4v) is 2.02. The van der Waals surface area contributed by atoms with Gasteiger partial charge in [-0.05, 0) is 30.5 Å². The third kappa shape index (κ3) is 2.64. The summed E-state index contributed by atoms with van der Waals surface area (Å²) >= 11 is 5.96. The minimum absolute atomic E-state index is 0.0474. The van der Waals surface area contributed by atoms with E-state index in [0.29, 0.717) is 0 Å². The largest absolute Gasteiger partial charge is 0.496 e. The molecule has 0 heterocycles. The van der Waals surface area contributed by atoms with Gasteiger partial charge in [0.15, 0.2) is 0 Å². The number of nitrogens with two attached hydrogens (primary N) is 1. The van der Waals surface area contributed by atoms with Crippen molar-refractivity contribution in [1.82, 2.24) is 0 Å². The molecule has 1 unspecified atom stereocenters. The van der Waals surface area contributed by atoms with Gasteiger partial charge in [0.2, 0.25) is 0 Å². The quantitative estimate of drug-likeness (QED) is 0.855. The molecule has 0 spiro atoms. The van der Waals surface area contributed by atoms with Crippen LogP contribution < -0.4 is 10.5 Å². The normalized spacial score (nSPS) is 17.5. The first-order valence-electron chi connectivity index (χ1n) is 5.29. The Bertz CT molecular complexity index is 349. The summed E-state index contributed by atoms with van der Waals surface area (Å²) in [4.78, 5) is 0. The van der Waals surface area contributed by atoms with Gasteiger partial charge in [-0.3, -0.25) is 0 Å². The van der Waals surface area contributed by atoms with Crippen molar-refractivity contribution >= 4 is 11.6 Å². The minimum atomic E-state index is 0.0474. The Kier molecular flexibility index (Phi) is 3.17. The van der Waals surface area contributed by atoms with E-state index in [1.807, 2.05) is 18.2 Å². The van der Waals surface area contributed by atoms with Crippen molar-refractivity contribution in [2.75, 3.05) is 7.11 Å². The molecule has 2 rings (SSSR count). The molecule has 1 saturated carbocycles. The SMILES string of the molecule is COc1ccc(Cl)cc1C(N)CC1CC1. The van der Waals surface area contributed by atoms with Crippen LogP contribution in [0.25, 0.3) is 0 Å². The van der Waals surface area contributed by atoms with E-state index in [9.17, 15) is 0 Å². The molecule has 1 aromatic rings. The summed E-state index contributed by atoms with van der Waals surface area (Å²) < 4.78 is 5.28. The first-order valence-corrected chi connectivity index (χ1v) is 5.67. The van der Waals surface area contributed by atoms with E-state index >= 15 is 0 Å². The Hall–Kier alpha value is -0.730. The predicted molar refractivity (Wildman–Crippen MR) is 62.3 cm³/mol. The fraction of sp³-hybridized carbons (Fsp3) is 0.500. The number of hydrogen-bond donors (Lipinski definition) is 1. The maximum Gasteiger partial charge on any atom is 0.123 e. The van der Waals surface area contributed by atoms with E-state index in [-0.39, 0.29) is 6.04 Å². The van der Waals surface area contributed by atoms with Gasteiger partial charge in [-0.25, -0.2) is 0 Å². The average molecular weight is 226 g/mol. The lowest BCUT2D eigenvalue weighted by Crippen LogP contribution is -2.12. The number of ether oxygens (including phenoxy) is 1. The lowest BCUT2D eigenvalue weighted by Gasteiger charge is -2.15. The van der Waals surface area contributed by atoms with Crippen molar-refractivity contribution < 1.29 is 4.74 Å². The van der Waals surface area contributed by atoms with Crippen molar-refractivity contribution in [3.05, 3.63) is 28.8 Å². The summed E-state index contributed by atoms with van der Waals surface area (Å²) in [5, 5.41) is 0.719. The third-order valence-electron chi connectivity index (χ3n) is 2.88. The van der Waals surface area contributed by atoms with Crippen LogP contribution in [0.15, 0.2) is 18.2 Å². The molecule has 0 amide bonds. The summed E-state index contributed by atoms with van der Waals surface area (Å²) in [6, 6.07) is 5.66. The molecule has 2 nitrogen and oxygen atoms in total. The summed E-state index contributed by atoms with van der Waals surface area (Å²) in [7, 11) is 1.66. The second-order valence-corrected chi connectivity index (χ2v) is 4.61. The number of rotatable bonds is 4. The number of hydrogen-bond acceptors (Lipinski definition) is 2. The maximum atomic E-state index is 6.14. The van der Waals surface area contributed by atoms with Gasteiger partial charge in [0.25, 0.3) is 0 Å². The summed E-state index contributed by atoms with van der Waals surface area (Å²) in [6.45, 7) is 0. The van der Waals surface area contributed by atoms with Crippen molar-refractivity contribution in [2.45, 2.75) is 25.3 Å². The van der Waals surface area contributed by atoms with Crippen LogP contribution in [0, 0.1) is 5.92 Å². The number of benzene rings is 1. The van der Waals surface area contributed by atoms with Crippen LogP contribution in [-0.2, 0) is 0 Å². The van der Waals surface area contributed by atoms with Gasteiger partial charge >= 0.3 is 0 Å². The van der Waals surface area contributed by atoms with Crippen LogP contribution in [0.2, 0.25) is 5.02 Å². The molecule has 0 bridgehead atoms. The fourth-order valence-electron chi connectivity index (χ4n) is 1.83. The van der Waals surface area contributed by atoms with Crippen LogP contribution in [0.4, 0.5) is 0 Å². The van der Waals surface area contributed by atoms with Gasteiger partial charge in [-0.2, -0.15) is 0 Å². The molecule has 0 aliphatic heterocycles. The molecule has 82 valence electrons. The lowest BCUT2D eigenvalue weighted by molar-refractivity contribution is 0.403. The van der Waals surface area contributed by atoms with Crippen LogP contribution in [0.5, 0.6) is 5.75 Å². The highest BCUT2D eigenvalue weighted by molar-refractivity contribution is 6.30. The maximum absolute atomic E-state index is 6.14. The van der Waals surface area contributed by atoms with Crippen LogP contribution in [0.3, 0.4) is 0 Å². The molecule has 3 heteroatoms. The molecule has 2 N–H and O–H groups in total. The lowest BCUT2D eigenvalue weighted by atomic mass is 10.0. The van der Waals surface area contributed by atoms with Crippen LogP contribution in [-0.4, -0.2) is 7.11 Å². The van der Waals surface area contributed by atoms with E-state index in [1.165, 1.54) is 12.8 Å². The summed E-state index contributed by atoms with van der Waals surface area (Å²) in [5.74, 6) is 1.65. The highest BCUT2D eigenvalue weighted by Crippen LogP contribution is 2.39. The van der Waals surface area contributed by atoms with Gasteiger partial charge in [-0.1, -0.05) is 24.4 Å². The van der Waals surface area contributed by atoms with Crippen LogP contribution >= 0.6 is 11.6 Å². The highest BCUT2D eigenvalue weighted by atomic mass is 35.5. The zero-order valence-electron chi connectivity index (χ0n) is 8.87. The molecule has 1 atom stereocenters. The number of halogens is 1. The smallest absolute Gasteiger partial charge is 0.123 e. The Morgan fingerprint density at radius 3 is 2.87 bits per heavy atom. The molecule has 15 heavy (non-hydrogen) atoms. The molecule has 0 saturated heterocycles. The van der Waals surface area contributed by atoms with Gasteiger partial charge in [-0.15, -0.1) is 0 Å². The molecule has 1 aliphatic carbocycles. The van der Waals surface area contributed by atoms with Gasteiger partial charge in [0, 0.05) is 16.6 Å². The first-order chi connectivity index (χ1) is 7.20. The van der Waals surface area contributed by atoms with Crippen molar-refractivity contribution in [1.29, 1.82) is 0 Å². The Morgan fingerprint density at radius 1 is 1.53 bits per heavy atom. The van der Waals surface area contributed by atoms with E-state index in [4.69, 9.17) is 22.1 Å². The van der Waals surface area contributed by atoms with Crippen LogP contribution in [0.1, 0.15) is 30.9 Å². The van der Waals surface area contributed by atoms with E-state index < -0.39 is 0 Å². The van der Waals surface area contributed by atoms with Gasteiger partial charge < -0.3 is 10.5 Å². The third-order valence-corrected chi connectivity index (χ3v) is 3.11. The van der Waals surface area contributed by atoms with Crippen molar-refractivity contribution in [3.8, 4) is 5.75 Å². The molecular weight excluding hydrogens is 210 g/mol. The topological polar surface area (TPSA) is 35.2 Å². The second-order valence-electron chi connectivity index (χ2n) is 4.17. The standard InChI is InChI=1S/C12H16ClNO/c1-15-12-5-4-9(13)7-10(12)11(14)6-8-2-3-8/h4-5,7-8,11H,2-3,6,14H2,1H3. The van der Waals surface area contributed by atoms with Gasteiger partial charge in [0.1, 0.15) is 5.75 Å². The molecular formula is C12H16ClNO. The molecule has 1 fully saturated rings. The summed E-state index contributed by atoms with van der Waals surface area (Å²) in [5.41, 5.74) is 7.17. The molecule has 0 radical (unpaired) electrons. The monoisotopic (exact) mass is 225 g/mol. The predicted octanol–water partition coefficient (Wildman–Crippen LogP) is 3.15. The Morgan fingerprint density at radius 2 is 2.27 bits per heavy atom. The Balaban J connectivity index is 2.18. The molecule has 0 aromatic heterocycles. The zero-order valence-corrected chi connectivity index (χ0v) is 9.63. The molecule has 1 aromatic carbocycles. The van der Waals surface area contributed by atoms with E-state index in [2.05, 4.69) is 0 Å². The Labute approximate surface area is 95.4 Å². The first kappa shape index (κ1) is 10.8. The highest BCUT2D eigenvalue weighted by Gasteiger charge is 2.25. The van der Waals surface area contributed by atoms with Crippen molar-refractivity contribution in [3.63, 3.8) is 0 Å². The summed E-state index contributed by atoms with van der Waals surface area (Å²) in [6.07, 6.45) is 3.67. The van der Waals surface area contributed by atoms with E-state index in [0.717, 1.165) is 28.7 Å². The van der Waals surface area contributed by atoms with Gasteiger partial charge in [0.05, 0.1) is 7.11 Å². The average Bonchev–Trinajstić information content (AvgIpc) is 3.01. The zero-order chi connectivity index (χ0) is 10.8. The molecule has 1 aliphatic rings. The van der Waals surface area contributed by atoms with Crippen molar-refractivity contribution in [2.24, 2.45) is 11.7 Å².